The zero-order valence-corrected chi connectivity index (χ0v) is 42.6. The van der Waals surface area contributed by atoms with Crippen LogP contribution in [0.4, 0.5) is 30.4 Å². The second-order valence-electron chi connectivity index (χ2n) is 18.7. The number of nitrogens with zero attached hydrogens (tertiary/aromatic N) is 5. The van der Waals surface area contributed by atoms with Gasteiger partial charge < -0.3 is 65.4 Å². The van der Waals surface area contributed by atoms with Gasteiger partial charge in [-0.05, 0) is 59.0 Å². The van der Waals surface area contributed by atoms with Crippen molar-refractivity contribution >= 4 is 63.7 Å². The summed E-state index contributed by atoms with van der Waals surface area (Å²) < 4.78 is 71.3. The van der Waals surface area contributed by atoms with E-state index < -0.39 is 60.2 Å². The Morgan fingerprint density at radius 2 is 1.57 bits per heavy atom. The number of ether oxygens (including phenoxy) is 5. The molecule has 0 saturated carbocycles. The number of halogens is 3. The summed E-state index contributed by atoms with van der Waals surface area (Å²) in [6.45, 7) is 1.62. The number of nitrogens with one attached hydrogen (secondary N) is 2. The Bertz CT molecular complexity index is 3120. The number of imide groups is 1. The van der Waals surface area contributed by atoms with Crippen molar-refractivity contribution < 1.29 is 90.6 Å². The van der Waals surface area contributed by atoms with Gasteiger partial charge in [0.1, 0.15) is 29.4 Å². The minimum absolute atomic E-state index is 0. The lowest BCUT2D eigenvalue weighted by molar-refractivity contribution is -0.667. The summed E-state index contributed by atoms with van der Waals surface area (Å²) in [6, 6.07) is 14.9. The van der Waals surface area contributed by atoms with Crippen molar-refractivity contribution in [3.8, 4) is 16.9 Å². The van der Waals surface area contributed by atoms with E-state index in [4.69, 9.17) is 29.4 Å². The van der Waals surface area contributed by atoms with Gasteiger partial charge in [0.25, 0.3) is 11.8 Å². The summed E-state index contributed by atoms with van der Waals surface area (Å²) in [4.78, 5) is 81.6. The summed E-state index contributed by atoms with van der Waals surface area (Å²) in [5.74, 6) is -3.64. The topological polar surface area (TPSA) is 308 Å². The van der Waals surface area contributed by atoms with Gasteiger partial charge in [-0.1, -0.05) is 42.7 Å². The van der Waals surface area contributed by atoms with Crippen LogP contribution < -0.4 is 30.6 Å². The van der Waals surface area contributed by atoms with E-state index in [9.17, 15) is 62.4 Å². The summed E-state index contributed by atoms with van der Waals surface area (Å²) >= 11 is 0. The first-order valence-corrected chi connectivity index (χ1v) is 25.1. The predicted octanol–water partition coefficient (Wildman–Crippen LogP) is 2.03. The van der Waals surface area contributed by atoms with E-state index in [0.717, 1.165) is 33.7 Å². The van der Waals surface area contributed by atoms with Crippen molar-refractivity contribution in [2.24, 2.45) is 7.05 Å². The number of carboxylic acid groups (broad SMARTS) is 1. The maximum absolute atomic E-state index is 13.5. The van der Waals surface area contributed by atoms with E-state index in [1.165, 1.54) is 36.7 Å². The fourth-order valence-electron chi connectivity index (χ4n) is 9.23. The zero-order chi connectivity index (χ0) is 56.5. The number of nitrogen functional groups attached to an aromatic ring is 1. The van der Waals surface area contributed by atoms with Crippen molar-refractivity contribution in [2.75, 3.05) is 75.2 Å². The largest absolute Gasteiger partial charge is 0.479 e. The lowest BCUT2D eigenvalue weighted by atomic mass is 9.99. The first-order valence-electron chi connectivity index (χ1n) is 25.1. The average Bonchev–Trinajstić information content (AvgIpc) is 4.10. The number of aliphatic carboxylic acids is 1. The van der Waals surface area contributed by atoms with E-state index in [1.54, 1.807) is 27.7 Å². The quantitative estimate of drug-likeness (QED) is 0.0264. The van der Waals surface area contributed by atoms with E-state index in [0.29, 0.717) is 35.2 Å². The Kier molecular flexibility index (Phi) is 19.7. The highest BCUT2D eigenvalue weighted by Gasteiger charge is 2.48. The Morgan fingerprint density at radius 1 is 0.863 bits per heavy atom. The van der Waals surface area contributed by atoms with Crippen LogP contribution in [-0.2, 0) is 80.3 Å². The van der Waals surface area contributed by atoms with Gasteiger partial charge >= 0.3 is 12.1 Å². The van der Waals surface area contributed by atoms with Crippen LogP contribution >= 0.6 is 0 Å². The SMILES string of the molecule is C.Cn1cc(-c2ccc3c(c2)CCN3C(=O)Cc2cccc(C(F)(F)F)c2)c2c(N)nc[n+](Cc3ccc(O[C@@H]4O[C@H](C(=O)O)[C@@H](O)[C@H](O)[C@H]4O)c(NC(=O)CCNC(=O)CCOCCOCCOCCN4C(=O)C=CC4=O)c3)c21. The molecule has 5 aromatic rings. The monoisotopic (exact) mass is 1120 g/mol. The molecular formula is C54H62F3N8O15+. The summed E-state index contributed by atoms with van der Waals surface area (Å²) in [7, 11) is 1.81. The fraction of sp³-hybridized carbons (Fsp3) is 0.407. The molecule has 1 saturated heterocycles. The minimum Gasteiger partial charge on any atom is -0.479 e. The zero-order valence-electron chi connectivity index (χ0n) is 42.6. The second kappa shape index (κ2) is 26.4. The highest BCUT2D eigenvalue weighted by molar-refractivity contribution is 6.12. The molecule has 3 aromatic carbocycles. The number of alkyl halides is 3. The third-order valence-corrected chi connectivity index (χ3v) is 13.2. The van der Waals surface area contributed by atoms with Crippen LogP contribution in [0.5, 0.6) is 5.75 Å². The van der Waals surface area contributed by atoms with Gasteiger partial charge in [-0.25, -0.2) is 9.36 Å². The van der Waals surface area contributed by atoms with Crippen LogP contribution in [0.15, 0.2) is 85.3 Å². The fourth-order valence-corrected chi connectivity index (χ4v) is 9.23. The highest BCUT2D eigenvalue weighted by Crippen LogP contribution is 2.38. The van der Waals surface area contributed by atoms with Gasteiger partial charge in [0.2, 0.25) is 41.8 Å². The summed E-state index contributed by atoms with van der Waals surface area (Å²) in [5.41, 5.74) is 10.2. The van der Waals surface area contributed by atoms with Crippen molar-refractivity contribution in [1.82, 2.24) is 19.8 Å². The number of rotatable bonds is 24. The number of aliphatic hydroxyl groups is 3. The Labute approximate surface area is 456 Å². The standard InChI is InChI=1S/C53H57F3N8O15.CH4/c1-61-28-35(32-6-7-37-33(26-32)12-15-63(37)43(69)25-30-3-2-4-34(23-30)53(54,55)56)44-49(57)59-29-62(50(44)61)27-31-5-8-38(78-52-47(72)45(70)46(71)48(79-52)51(73)74)36(24-31)60-40(66)11-14-58-39(65)13-17-75-19-21-77-22-20-76-18-16-64-41(67)9-10-42(64)68;/h2-10,23-24,26,28-29,45-48,52,57,70-72H,11-22,25,27H2,1H3,(H3,58,60,65,66,73,74);1H4/p+1/t45-,46-,47+,48-,52+;/m0./s1. The van der Waals surface area contributed by atoms with Crippen molar-refractivity contribution in [3.63, 3.8) is 0 Å². The molecule has 0 unspecified atom stereocenters. The van der Waals surface area contributed by atoms with Crippen LogP contribution in [0.2, 0.25) is 0 Å². The second-order valence-corrected chi connectivity index (χ2v) is 18.7. The molecule has 3 aliphatic rings. The summed E-state index contributed by atoms with van der Waals surface area (Å²) in [6.07, 6.45) is -8.37. The third-order valence-electron chi connectivity index (χ3n) is 13.2. The summed E-state index contributed by atoms with van der Waals surface area (Å²) in [5, 5.41) is 47.1. The third kappa shape index (κ3) is 14.3. The Balaban J connectivity index is 0.00000924. The first-order chi connectivity index (χ1) is 37.8. The molecule has 0 aliphatic carbocycles. The van der Waals surface area contributed by atoms with Gasteiger partial charge in [-0.2, -0.15) is 13.2 Å². The molecule has 5 heterocycles. The lowest BCUT2D eigenvalue weighted by Crippen LogP contribution is -2.61. The maximum atomic E-state index is 13.5. The van der Waals surface area contributed by atoms with Crippen LogP contribution in [0.25, 0.3) is 22.2 Å². The lowest BCUT2D eigenvalue weighted by Gasteiger charge is -2.38. The number of fused-ring (bicyclic) bond motifs is 2. The van der Waals surface area contributed by atoms with Gasteiger partial charge in [0, 0.05) is 49.3 Å². The molecule has 3 aliphatic heterocycles. The number of hydrogen-bond donors (Lipinski definition) is 7. The number of carboxylic acids is 1. The molecule has 80 heavy (non-hydrogen) atoms. The molecule has 26 heteroatoms. The van der Waals surface area contributed by atoms with Gasteiger partial charge in [-0.3, -0.25) is 33.4 Å². The molecule has 0 spiro atoms. The van der Waals surface area contributed by atoms with Crippen molar-refractivity contribution in [3.05, 3.63) is 108 Å². The van der Waals surface area contributed by atoms with Crippen LogP contribution in [0.1, 0.15) is 42.5 Å². The van der Waals surface area contributed by atoms with Crippen molar-refractivity contribution in [1.29, 1.82) is 0 Å². The van der Waals surface area contributed by atoms with Crippen LogP contribution in [0, 0.1) is 0 Å². The number of amides is 5. The molecule has 0 radical (unpaired) electrons. The molecule has 23 nitrogen and oxygen atoms in total. The molecule has 8 N–H and O–H groups in total. The van der Waals surface area contributed by atoms with Crippen LogP contribution in [-0.4, -0.2) is 160 Å². The average molecular weight is 1120 g/mol. The highest BCUT2D eigenvalue weighted by atomic mass is 19.4. The smallest absolute Gasteiger partial charge is 0.416 e. The normalized spacial score (nSPS) is 18.8. The number of hydrogen-bond acceptors (Lipinski definition) is 16. The van der Waals surface area contributed by atoms with Gasteiger partial charge in [0.15, 0.2) is 6.10 Å². The van der Waals surface area contributed by atoms with E-state index in [1.807, 2.05) is 29.9 Å². The van der Waals surface area contributed by atoms with Gasteiger partial charge in [-0.15, -0.1) is 0 Å². The Morgan fingerprint density at radius 3 is 2.29 bits per heavy atom. The van der Waals surface area contributed by atoms with Gasteiger partial charge in [0.05, 0.1) is 83.6 Å². The number of aliphatic hydroxyl groups excluding tert-OH is 3. The Hall–Kier alpha value is -7.85. The van der Waals surface area contributed by atoms with E-state index >= 15 is 0 Å². The molecule has 8 rings (SSSR count). The van der Waals surface area contributed by atoms with E-state index in [2.05, 4.69) is 15.6 Å². The first kappa shape index (κ1) is 59.8. The molecule has 1 fully saturated rings. The number of aryl methyl sites for hydroxylation is 1. The van der Waals surface area contributed by atoms with Crippen molar-refractivity contribution in [2.45, 2.75) is 76.5 Å². The predicted molar refractivity (Wildman–Crippen MR) is 278 cm³/mol. The number of benzene rings is 3. The maximum Gasteiger partial charge on any atom is 0.416 e. The molecule has 0 bridgehead atoms. The number of aromatic nitrogens is 3. The molecule has 2 aromatic heterocycles. The number of nitrogens with two attached hydrogens (primary N) is 1. The van der Waals surface area contributed by atoms with Crippen LogP contribution in [0.3, 0.4) is 0 Å². The van der Waals surface area contributed by atoms with E-state index in [-0.39, 0.29) is 127 Å². The number of carbonyl (C=O) groups is 6. The number of anilines is 3. The molecule has 428 valence electrons. The molecular weight excluding hydrogens is 1060 g/mol. The molecule has 5 amide bonds. The molecule has 5 atom stereocenters. The number of carbonyl (C=O) groups excluding carboxylic acids is 5. The minimum atomic E-state index is -4.54.